The number of rotatable bonds is 3. The predicted molar refractivity (Wildman–Crippen MR) is 64.4 cm³/mol. The molecule has 1 atom stereocenters. The van der Waals surface area contributed by atoms with Crippen LogP contribution in [0.1, 0.15) is 23.1 Å². The summed E-state index contributed by atoms with van der Waals surface area (Å²) in [6, 6.07) is 7.50. The lowest BCUT2D eigenvalue weighted by Crippen LogP contribution is -2.10. The summed E-state index contributed by atoms with van der Waals surface area (Å²) in [5.41, 5.74) is 7.67. The molecule has 0 aliphatic carbocycles. The van der Waals surface area contributed by atoms with Crippen LogP contribution in [-0.4, -0.2) is 11.8 Å². The van der Waals surface area contributed by atoms with Crippen molar-refractivity contribution >= 4 is 0 Å². The molecule has 0 bridgehead atoms. The maximum Gasteiger partial charge on any atom is 0.134 e. The van der Waals surface area contributed by atoms with Crippen LogP contribution in [0.15, 0.2) is 28.8 Å². The molecule has 1 unspecified atom stereocenters. The van der Waals surface area contributed by atoms with Gasteiger partial charge in [-0.25, -0.2) is 0 Å². The van der Waals surface area contributed by atoms with Gasteiger partial charge in [0.25, 0.3) is 0 Å². The van der Waals surface area contributed by atoms with Crippen molar-refractivity contribution in [3.8, 4) is 11.5 Å². The van der Waals surface area contributed by atoms with E-state index in [0.717, 1.165) is 28.5 Å². The van der Waals surface area contributed by atoms with Gasteiger partial charge in [0, 0.05) is 17.7 Å². The average molecular weight is 246 g/mol. The molecule has 0 saturated heterocycles. The second-order valence-electron chi connectivity index (χ2n) is 4.33. The number of nitrogens with two attached hydrogens (primary N) is 1. The zero-order valence-corrected chi connectivity index (χ0v) is 10.1. The summed E-state index contributed by atoms with van der Waals surface area (Å²) in [4.78, 5) is 0. The van der Waals surface area contributed by atoms with Gasteiger partial charge in [-0.2, -0.15) is 0 Å². The first-order valence-corrected chi connectivity index (χ1v) is 5.80. The Kier molecular flexibility index (Phi) is 2.68. The number of hydrogen-bond donors (Lipinski definition) is 1. The van der Waals surface area contributed by atoms with E-state index in [-0.39, 0.29) is 6.04 Å². The molecule has 2 aromatic rings. The Bertz CT molecular complexity index is 565. The summed E-state index contributed by atoms with van der Waals surface area (Å²) >= 11 is 0. The first kappa shape index (κ1) is 11.1. The number of aryl methyl sites for hydroxylation is 1. The molecule has 1 aliphatic heterocycles. The van der Waals surface area contributed by atoms with Crippen LogP contribution in [0.5, 0.6) is 11.5 Å². The maximum atomic E-state index is 5.88. The maximum absolute atomic E-state index is 5.88. The molecular weight excluding hydrogens is 232 g/mol. The first-order chi connectivity index (χ1) is 8.72. The molecule has 5 heteroatoms. The second-order valence-corrected chi connectivity index (χ2v) is 4.33. The normalized spacial score (nSPS) is 17.3. The smallest absolute Gasteiger partial charge is 0.134 e. The van der Waals surface area contributed by atoms with Crippen LogP contribution in [0, 0.1) is 6.92 Å². The van der Waals surface area contributed by atoms with E-state index in [1.54, 1.807) is 0 Å². The minimum Gasteiger partial charge on any atom is -0.491 e. The van der Waals surface area contributed by atoms with Gasteiger partial charge in [-0.05, 0) is 19.1 Å². The van der Waals surface area contributed by atoms with Gasteiger partial charge in [0.2, 0.25) is 0 Å². The number of aromatic nitrogens is 1. The summed E-state index contributed by atoms with van der Waals surface area (Å²) in [6.45, 7) is 2.75. The number of fused-ring (bicyclic) bond motifs is 1. The zero-order chi connectivity index (χ0) is 12.5. The minimum absolute atomic E-state index is 0.0350. The lowest BCUT2D eigenvalue weighted by molar-refractivity contribution is 0.285. The van der Waals surface area contributed by atoms with Gasteiger partial charge in [-0.3, -0.25) is 0 Å². The summed E-state index contributed by atoms with van der Waals surface area (Å²) in [5, 5.41) is 3.86. The molecule has 3 rings (SSSR count). The van der Waals surface area contributed by atoms with Gasteiger partial charge < -0.3 is 19.7 Å². The number of ether oxygens (including phenoxy) is 2. The summed E-state index contributed by atoms with van der Waals surface area (Å²) in [7, 11) is 0. The predicted octanol–water partition coefficient (Wildman–Crippen LogP) is 1.95. The molecule has 5 nitrogen and oxygen atoms in total. The van der Waals surface area contributed by atoms with E-state index < -0.39 is 0 Å². The monoisotopic (exact) mass is 246 g/mol. The Labute approximate surface area is 104 Å². The molecule has 0 radical (unpaired) electrons. The van der Waals surface area contributed by atoms with Gasteiger partial charge in [0.1, 0.15) is 36.2 Å². The number of benzene rings is 1. The van der Waals surface area contributed by atoms with Gasteiger partial charge >= 0.3 is 0 Å². The first-order valence-electron chi connectivity index (χ1n) is 5.80. The SMILES string of the molecule is Cc1cc(COc2ccc3c(c2)OCC3N)no1. The molecule has 2 heterocycles. The van der Waals surface area contributed by atoms with Crippen LogP contribution in [0.25, 0.3) is 0 Å². The molecule has 0 amide bonds. The van der Waals surface area contributed by atoms with Crippen molar-refractivity contribution in [1.29, 1.82) is 0 Å². The Morgan fingerprint density at radius 2 is 2.33 bits per heavy atom. The fraction of sp³-hybridized carbons (Fsp3) is 0.308. The van der Waals surface area contributed by atoms with E-state index in [1.165, 1.54) is 0 Å². The Balaban J connectivity index is 1.70. The molecule has 18 heavy (non-hydrogen) atoms. The third kappa shape index (κ3) is 2.04. The molecule has 0 fully saturated rings. The minimum atomic E-state index is -0.0350. The summed E-state index contributed by atoms with van der Waals surface area (Å²) in [6.07, 6.45) is 0. The van der Waals surface area contributed by atoms with Crippen molar-refractivity contribution < 1.29 is 14.0 Å². The number of hydrogen-bond acceptors (Lipinski definition) is 5. The van der Waals surface area contributed by atoms with Crippen LogP contribution in [0.3, 0.4) is 0 Å². The van der Waals surface area contributed by atoms with Gasteiger partial charge in [0.15, 0.2) is 0 Å². The quantitative estimate of drug-likeness (QED) is 0.896. The van der Waals surface area contributed by atoms with Gasteiger partial charge in [0.05, 0.1) is 6.04 Å². The Hall–Kier alpha value is -2.01. The topological polar surface area (TPSA) is 70.5 Å². The molecule has 94 valence electrons. The van der Waals surface area contributed by atoms with E-state index in [2.05, 4.69) is 5.16 Å². The molecular formula is C13H14N2O3. The van der Waals surface area contributed by atoms with Crippen molar-refractivity contribution in [2.45, 2.75) is 19.6 Å². The largest absolute Gasteiger partial charge is 0.491 e. The van der Waals surface area contributed by atoms with Crippen LogP contribution >= 0.6 is 0 Å². The Morgan fingerprint density at radius 3 is 3.11 bits per heavy atom. The van der Waals surface area contributed by atoms with Crippen molar-refractivity contribution in [2.24, 2.45) is 5.73 Å². The summed E-state index contributed by atoms with van der Waals surface area (Å²) in [5.74, 6) is 2.32. The zero-order valence-electron chi connectivity index (χ0n) is 10.1. The summed E-state index contributed by atoms with van der Waals surface area (Å²) < 4.78 is 16.1. The lowest BCUT2D eigenvalue weighted by atomic mass is 10.1. The van der Waals surface area contributed by atoms with Gasteiger partial charge in [-0.1, -0.05) is 5.16 Å². The van der Waals surface area contributed by atoms with Crippen LogP contribution in [0.2, 0.25) is 0 Å². The van der Waals surface area contributed by atoms with Crippen LogP contribution < -0.4 is 15.2 Å². The van der Waals surface area contributed by atoms with Crippen molar-refractivity contribution in [3.63, 3.8) is 0 Å². The van der Waals surface area contributed by atoms with Gasteiger partial charge in [-0.15, -0.1) is 0 Å². The highest BCUT2D eigenvalue weighted by Crippen LogP contribution is 2.34. The lowest BCUT2D eigenvalue weighted by Gasteiger charge is -2.06. The van der Waals surface area contributed by atoms with E-state index in [1.807, 2.05) is 31.2 Å². The Morgan fingerprint density at radius 1 is 1.44 bits per heavy atom. The average Bonchev–Trinajstić information content (AvgIpc) is 2.94. The van der Waals surface area contributed by atoms with Crippen LogP contribution in [-0.2, 0) is 6.61 Å². The highest BCUT2D eigenvalue weighted by Gasteiger charge is 2.20. The molecule has 0 spiro atoms. The molecule has 1 aromatic carbocycles. The third-order valence-corrected chi connectivity index (χ3v) is 2.87. The standard InChI is InChI=1S/C13H14N2O3/c1-8-4-9(15-18-8)6-16-10-2-3-11-12(14)7-17-13(11)5-10/h2-5,12H,6-7,14H2,1H3. The molecule has 1 aromatic heterocycles. The molecule has 0 saturated carbocycles. The third-order valence-electron chi connectivity index (χ3n) is 2.87. The fourth-order valence-corrected chi connectivity index (χ4v) is 1.95. The van der Waals surface area contributed by atoms with E-state index in [0.29, 0.717) is 13.2 Å². The fourth-order valence-electron chi connectivity index (χ4n) is 1.95. The van der Waals surface area contributed by atoms with E-state index in [4.69, 9.17) is 19.7 Å². The number of nitrogens with zero attached hydrogens (tertiary/aromatic N) is 1. The van der Waals surface area contributed by atoms with E-state index >= 15 is 0 Å². The van der Waals surface area contributed by atoms with Crippen LogP contribution in [0.4, 0.5) is 0 Å². The van der Waals surface area contributed by atoms with E-state index in [9.17, 15) is 0 Å². The van der Waals surface area contributed by atoms with Crippen molar-refractivity contribution in [3.05, 3.63) is 41.3 Å². The molecule has 1 aliphatic rings. The highest BCUT2D eigenvalue weighted by atomic mass is 16.5. The van der Waals surface area contributed by atoms with Crippen molar-refractivity contribution in [2.75, 3.05) is 6.61 Å². The highest BCUT2D eigenvalue weighted by molar-refractivity contribution is 5.44. The second kappa shape index (κ2) is 4.34. The molecule has 2 N–H and O–H groups in total. The van der Waals surface area contributed by atoms with Crippen molar-refractivity contribution in [1.82, 2.24) is 5.16 Å².